The fourth-order valence-electron chi connectivity index (χ4n) is 1.58. The summed E-state index contributed by atoms with van der Waals surface area (Å²) in [4.78, 5) is 22.8. The van der Waals surface area contributed by atoms with Gasteiger partial charge in [0.2, 0.25) is 5.91 Å². The Morgan fingerprint density at radius 3 is 2.93 bits per heavy atom. The molecule has 0 radical (unpaired) electrons. The van der Waals surface area contributed by atoms with Gasteiger partial charge in [0.1, 0.15) is 5.92 Å². The van der Waals surface area contributed by atoms with Crippen molar-refractivity contribution in [2.24, 2.45) is 5.84 Å². The number of benzene rings is 1. The predicted octanol–water partition coefficient (Wildman–Crippen LogP) is 0.366. The van der Waals surface area contributed by atoms with Gasteiger partial charge in [0.25, 0.3) is 5.91 Å². The number of hydrazine groups is 1. The van der Waals surface area contributed by atoms with Gasteiger partial charge in [-0.25, -0.2) is 5.84 Å². The molecule has 1 aliphatic heterocycles. The summed E-state index contributed by atoms with van der Waals surface area (Å²) in [6, 6.07) is 4.85. The van der Waals surface area contributed by atoms with E-state index in [4.69, 9.17) is 17.4 Å². The van der Waals surface area contributed by atoms with E-state index >= 15 is 0 Å². The highest BCUT2D eigenvalue weighted by Crippen LogP contribution is 2.34. The van der Waals surface area contributed by atoms with E-state index in [1.165, 1.54) is 0 Å². The van der Waals surface area contributed by atoms with Gasteiger partial charge in [-0.15, -0.1) is 0 Å². The van der Waals surface area contributed by atoms with Gasteiger partial charge >= 0.3 is 0 Å². The highest BCUT2D eigenvalue weighted by Gasteiger charge is 2.35. The zero-order valence-electron chi connectivity index (χ0n) is 7.58. The molecule has 2 amide bonds. The zero-order valence-corrected chi connectivity index (χ0v) is 8.34. The Hall–Kier alpha value is -1.59. The van der Waals surface area contributed by atoms with Crippen LogP contribution in [0.1, 0.15) is 11.5 Å². The van der Waals surface area contributed by atoms with Crippen LogP contribution in [0.2, 0.25) is 5.02 Å². The van der Waals surface area contributed by atoms with Gasteiger partial charge in [0.15, 0.2) is 0 Å². The number of nitrogens with one attached hydrogen (secondary N) is 2. The van der Waals surface area contributed by atoms with Crippen LogP contribution in [0.15, 0.2) is 18.2 Å². The second-order valence-corrected chi connectivity index (χ2v) is 3.60. The number of amides is 2. The third-order valence-corrected chi connectivity index (χ3v) is 2.49. The standard InChI is InChI=1S/C9H8ClN3O2/c10-4-1-2-5-6(3-4)12-8(14)7(5)9(15)13-11/h1-3,7H,11H2,(H,12,14)(H,13,15). The van der Waals surface area contributed by atoms with Gasteiger partial charge in [0, 0.05) is 10.7 Å². The van der Waals surface area contributed by atoms with Crippen molar-refractivity contribution < 1.29 is 9.59 Å². The predicted molar refractivity (Wildman–Crippen MR) is 55.2 cm³/mol. The lowest BCUT2D eigenvalue weighted by atomic mass is 10.0. The molecule has 5 nitrogen and oxygen atoms in total. The lowest BCUT2D eigenvalue weighted by molar-refractivity contribution is -0.128. The highest BCUT2D eigenvalue weighted by atomic mass is 35.5. The van der Waals surface area contributed by atoms with Crippen molar-refractivity contribution >= 4 is 29.1 Å². The molecule has 4 N–H and O–H groups in total. The zero-order chi connectivity index (χ0) is 11.0. The van der Waals surface area contributed by atoms with Gasteiger partial charge < -0.3 is 5.32 Å². The summed E-state index contributed by atoms with van der Waals surface area (Å²) in [5.74, 6) is 3.18. The molecular weight excluding hydrogens is 218 g/mol. The largest absolute Gasteiger partial charge is 0.325 e. The van der Waals surface area contributed by atoms with Crippen LogP contribution in [0.25, 0.3) is 0 Å². The summed E-state index contributed by atoms with van der Waals surface area (Å²) in [7, 11) is 0. The van der Waals surface area contributed by atoms with Crippen molar-refractivity contribution in [1.82, 2.24) is 5.43 Å². The Bertz CT molecular complexity index is 447. The van der Waals surface area contributed by atoms with Crippen LogP contribution in [-0.2, 0) is 9.59 Å². The van der Waals surface area contributed by atoms with Gasteiger partial charge in [-0.2, -0.15) is 0 Å². The Morgan fingerprint density at radius 2 is 2.27 bits per heavy atom. The molecule has 1 aromatic rings. The van der Waals surface area contributed by atoms with Crippen LogP contribution in [-0.4, -0.2) is 11.8 Å². The summed E-state index contributed by atoms with van der Waals surface area (Å²) < 4.78 is 0. The summed E-state index contributed by atoms with van der Waals surface area (Å²) in [5.41, 5.74) is 3.11. The fourth-order valence-corrected chi connectivity index (χ4v) is 1.75. The van der Waals surface area contributed by atoms with Crippen LogP contribution < -0.4 is 16.6 Å². The molecule has 2 rings (SSSR count). The molecule has 0 aromatic heterocycles. The van der Waals surface area contributed by atoms with Gasteiger partial charge in [0.05, 0.1) is 0 Å². The first-order valence-corrected chi connectivity index (χ1v) is 4.62. The average molecular weight is 226 g/mol. The number of carbonyl (C=O) groups is 2. The Morgan fingerprint density at radius 1 is 1.53 bits per heavy atom. The number of hydrogen-bond donors (Lipinski definition) is 3. The minimum Gasteiger partial charge on any atom is -0.325 e. The third kappa shape index (κ3) is 1.55. The van der Waals surface area contributed by atoms with Gasteiger partial charge in [-0.1, -0.05) is 17.7 Å². The molecule has 1 heterocycles. The SMILES string of the molecule is NNC(=O)C1C(=O)Nc2cc(Cl)ccc21. The second kappa shape index (κ2) is 3.52. The molecule has 15 heavy (non-hydrogen) atoms. The Kier molecular flexibility index (Phi) is 2.34. The molecule has 0 saturated heterocycles. The van der Waals surface area contributed by atoms with E-state index in [0.717, 1.165) is 0 Å². The summed E-state index contributed by atoms with van der Waals surface area (Å²) >= 11 is 5.76. The number of hydrogen-bond acceptors (Lipinski definition) is 3. The molecule has 6 heteroatoms. The number of nitrogens with two attached hydrogens (primary N) is 1. The molecule has 0 bridgehead atoms. The van der Waals surface area contributed by atoms with E-state index in [1.807, 2.05) is 5.43 Å². The van der Waals surface area contributed by atoms with E-state index in [9.17, 15) is 9.59 Å². The maximum atomic E-state index is 11.5. The van der Waals surface area contributed by atoms with Crippen molar-refractivity contribution in [2.75, 3.05) is 5.32 Å². The lowest BCUT2D eigenvalue weighted by Crippen LogP contribution is -2.37. The van der Waals surface area contributed by atoms with Crippen LogP contribution >= 0.6 is 11.6 Å². The topological polar surface area (TPSA) is 84.2 Å². The molecule has 0 saturated carbocycles. The van der Waals surface area contributed by atoms with E-state index < -0.39 is 17.7 Å². The number of anilines is 1. The summed E-state index contributed by atoms with van der Waals surface area (Å²) in [6.07, 6.45) is 0. The van der Waals surface area contributed by atoms with Crippen molar-refractivity contribution in [3.05, 3.63) is 28.8 Å². The number of rotatable bonds is 1. The first-order chi connectivity index (χ1) is 7.13. The van der Waals surface area contributed by atoms with Crippen molar-refractivity contribution in [2.45, 2.75) is 5.92 Å². The molecule has 0 spiro atoms. The van der Waals surface area contributed by atoms with E-state index in [2.05, 4.69) is 5.32 Å². The van der Waals surface area contributed by atoms with Crippen LogP contribution in [0.5, 0.6) is 0 Å². The van der Waals surface area contributed by atoms with Crippen LogP contribution in [0.4, 0.5) is 5.69 Å². The van der Waals surface area contributed by atoms with Crippen molar-refractivity contribution in [3.63, 3.8) is 0 Å². The second-order valence-electron chi connectivity index (χ2n) is 3.16. The highest BCUT2D eigenvalue weighted by molar-refractivity contribution is 6.31. The van der Waals surface area contributed by atoms with Crippen LogP contribution in [0.3, 0.4) is 0 Å². The Balaban J connectivity index is 2.46. The molecule has 0 fully saturated rings. The molecular formula is C9H8ClN3O2. The number of carbonyl (C=O) groups excluding carboxylic acids is 2. The molecule has 1 unspecified atom stereocenters. The molecule has 1 atom stereocenters. The minimum atomic E-state index is -0.887. The monoisotopic (exact) mass is 225 g/mol. The van der Waals surface area contributed by atoms with E-state index in [1.54, 1.807) is 18.2 Å². The molecule has 1 aromatic carbocycles. The smallest absolute Gasteiger partial charge is 0.251 e. The quantitative estimate of drug-likeness (QED) is 0.279. The first kappa shape index (κ1) is 9.95. The van der Waals surface area contributed by atoms with Crippen LogP contribution in [0, 0.1) is 0 Å². The Labute approximate surface area is 90.6 Å². The number of fused-ring (bicyclic) bond motifs is 1. The van der Waals surface area contributed by atoms with E-state index in [0.29, 0.717) is 16.3 Å². The fraction of sp³-hybridized carbons (Fsp3) is 0.111. The van der Waals surface area contributed by atoms with Gasteiger partial charge in [-0.05, 0) is 17.7 Å². The van der Waals surface area contributed by atoms with E-state index in [-0.39, 0.29) is 0 Å². The minimum absolute atomic E-state index is 0.393. The molecule has 1 aliphatic rings. The number of halogens is 1. The van der Waals surface area contributed by atoms with Crippen molar-refractivity contribution in [3.8, 4) is 0 Å². The summed E-state index contributed by atoms with van der Waals surface area (Å²) in [5, 5.41) is 3.07. The molecule has 78 valence electrons. The third-order valence-electron chi connectivity index (χ3n) is 2.25. The maximum absolute atomic E-state index is 11.5. The average Bonchev–Trinajstić information content (AvgIpc) is 2.52. The lowest BCUT2D eigenvalue weighted by Gasteiger charge is -2.05. The van der Waals surface area contributed by atoms with Crippen molar-refractivity contribution in [1.29, 1.82) is 0 Å². The normalized spacial score (nSPS) is 18.3. The molecule has 0 aliphatic carbocycles. The first-order valence-electron chi connectivity index (χ1n) is 4.24. The summed E-state index contributed by atoms with van der Waals surface area (Å²) in [6.45, 7) is 0. The van der Waals surface area contributed by atoms with Gasteiger partial charge in [-0.3, -0.25) is 15.0 Å². The maximum Gasteiger partial charge on any atom is 0.251 e.